The zero-order chi connectivity index (χ0) is 12.0. The quantitative estimate of drug-likeness (QED) is 0.847. The maximum Gasteiger partial charge on any atom is 0.186 e. The van der Waals surface area contributed by atoms with Crippen LogP contribution in [0.4, 0.5) is 10.8 Å². The Labute approximate surface area is 105 Å². The molecule has 1 heterocycles. The first-order chi connectivity index (χ1) is 8.15. The molecule has 0 radical (unpaired) electrons. The van der Waals surface area contributed by atoms with E-state index in [1.54, 1.807) is 11.3 Å². The lowest BCUT2D eigenvalue weighted by molar-refractivity contribution is 0.608. The van der Waals surface area contributed by atoms with Crippen molar-refractivity contribution >= 4 is 32.4 Å². The fourth-order valence-electron chi connectivity index (χ4n) is 2.15. The minimum absolute atomic E-state index is 0.591. The van der Waals surface area contributed by atoms with E-state index in [1.165, 1.54) is 17.5 Å². The summed E-state index contributed by atoms with van der Waals surface area (Å²) >= 11 is 1.73. The van der Waals surface area contributed by atoms with Crippen molar-refractivity contribution in [2.45, 2.75) is 25.8 Å². The third-order valence-electron chi connectivity index (χ3n) is 3.62. The number of benzene rings is 1. The number of aromatic nitrogens is 1. The molecule has 1 aromatic heterocycles. The van der Waals surface area contributed by atoms with E-state index >= 15 is 0 Å². The molecule has 1 aromatic carbocycles. The molecule has 1 unspecified atom stereocenters. The van der Waals surface area contributed by atoms with Gasteiger partial charge in [-0.3, -0.25) is 0 Å². The monoisotopic (exact) mass is 247 g/mol. The van der Waals surface area contributed by atoms with Gasteiger partial charge in [0.2, 0.25) is 0 Å². The van der Waals surface area contributed by atoms with Crippen LogP contribution >= 0.6 is 11.3 Å². The van der Waals surface area contributed by atoms with Gasteiger partial charge in [0.05, 0.1) is 10.2 Å². The minimum atomic E-state index is 0.591. The molecule has 0 aliphatic heterocycles. The Bertz CT molecular complexity index is 545. The van der Waals surface area contributed by atoms with Gasteiger partial charge in [0, 0.05) is 18.8 Å². The van der Waals surface area contributed by atoms with Crippen molar-refractivity contribution in [3.05, 3.63) is 18.2 Å². The van der Waals surface area contributed by atoms with Crippen LogP contribution < -0.4 is 10.6 Å². The van der Waals surface area contributed by atoms with Crippen molar-refractivity contribution in [1.82, 2.24) is 4.98 Å². The molecule has 0 amide bonds. The van der Waals surface area contributed by atoms with Gasteiger partial charge in [0.15, 0.2) is 5.13 Å². The van der Waals surface area contributed by atoms with Crippen LogP contribution in [0.15, 0.2) is 18.2 Å². The van der Waals surface area contributed by atoms with E-state index in [0.717, 1.165) is 22.3 Å². The lowest BCUT2D eigenvalue weighted by atomic mass is 10.2. The molecule has 1 aliphatic rings. The summed E-state index contributed by atoms with van der Waals surface area (Å²) in [5, 5.41) is 1.10. The summed E-state index contributed by atoms with van der Waals surface area (Å²) in [7, 11) is 2.14. The number of nitrogens with two attached hydrogens (primary N) is 1. The Kier molecular flexibility index (Phi) is 2.47. The first-order valence-corrected chi connectivity index (χ1v) is 6.85. The second kappa shape index (κ2) is 3.88. The van der Waals surface area contributed by atoms with E-state index in [4.69, 9.17) is 5.73 Å². The number of anilines is 2. The van der Waals surface area contributed by atoms with Crippen LogP contribution in [0.1, 0.15) is 19.8 Å². The molecule has 2 N–H and O–H groups in total. The molecular weight excluding hydrogens is 230 g/mol. The molecule has 17 heavy (non-hydrogen) atoms. The standard InChI is InChI=1S/C13H17N3S/c1-8(9-3-4-9)16(2)13-15-11-6-5-10(14)7-12(11)17-13/h5-9H,3-4,14H2,1-2H3. The number of hydrogen-bond acceptors (Lipinski definition) is 4. The van der Waals surface area contributed by atoms with Crippen molar-refractivity contribution in [3.8, 4) is 0 Å². The molecule has 3 rings (SSSR count). The average molecular weight is 247 g/mol. The number of nitrogen functional groups attached to an aromatic ring is 1. The third-order valence-corrected chi connectivity index (χ3v) is 4.73. The van der Waals surface area contributed by atoms with Crippen LogP contribution in [0.25, 0.3) is 10.2 Å². The fraction of sp³-hybridized carbons (Fsp3) is 0.462. The summed E-state index contributed by atoms with van der Waals surface area (Å²) in [6, 6.07) is 6.51. The molecule has 1 fully saturated rings. The average Bonchev–Trinajstić information content (AvgIpc) is 3.07. The first-order valence-electron chi connectivity index (χ1n) is 6.04. The van der Waals surface area contributed by atoms with Crippen LogP contribution in [0.5, 0.6) is 0 Å². The summed E-state index contributed by atoms with van der Waals surface area (Å²) in [6.45, 7) is 2.29. The molecule has 2 aromatic rings. The van der Waals surface area contributed by atoms with Crippen LogP contribution in [0.3, 0.4) is 0 Å². The number of hydrogen-bond donors (Lipinski definition) is 1. The Morgan fingerprint density at radius 1 is 1.47 bits per heavy atom. The summed E-state index contributed by atoms with van der Waals surface area (Å²) in [4.78, 5) is 6.98. The maximum absolute atomic E-state index is 5.79. The number of fused-ring (bicyclic) bond motifs is 1. The molecule has 0 spiro atoms. The highest BCUT2D eigenvalue weighted by Gasteiger charge is 2.31. The highest BCUT2D eigenvalue weighted by molar-refractivity contribution is 7.22. The topological polar surface area (TPSA) is 42.2 Å². The van der Waals surface area contributed by atoms with Gasteiger partial charge in [0.1, 0.15) is 0 Å². The lowest BCUT2D eigenvalue weighted by Crippen LogP contribution is -2.30. The Balaban J connectivity index is 1.94. The SMILES string of the molecule is CC(C1CC1)N(C)c1nc2ccc(N)cc2s1. The summed E-state index contributed by atoms with van der Waals surface area (Å²) < 4.78 is 1.18. The molecule has 0 bridgehead atoms. The summed E-state index contributed by atoms with van der Waals surface area (Å²) in [6.07, 6.45) is 2.73. The number of rotatable bonds is 3. The normalized spacial score (nSPS) is 17.3. The Hall–Kier alpha value is -1.29. The lowest BCUT2D eigenvalue weighted by Gasteiger charge is -2.23. The van der Waals surface area contributed by atoms with Crippen LogP contribution in [0, 0.1) is 5.92 Å². The smallest absolute Gasteiger partial charge is 0.186 e. The number of thiazole rings is 1. The molecule has 1 saturated carbocycles. The van der Waals surface area contributed by atoms with Gasteiger partial charge in [0.25, 0.3) is 0 Å². The molecule has 90 valence electrons. The zero-order valence-corrected chi connectivity index (χ0v) is 11.0. The second-order valence-corrected chi connectivity index (χ2v) is 5.92. The Morgan fingerprint density at radius 3 is 2.94 bits per heavy atom. The van der Waals surface area contributed by atoms with Gasteiger partial charge in [-0.05, 0) is 43.9 Å². The molecule has 1 atom stereocenters. The van der Waals surface area contributed by atoms with Crippen molar-refractivity contribution in [3.63, 3.8) is 0 Å². The van der Waals surface area contributed by atoms with Gasteiger partial charge in [-0.2, -0.15) is 0 Å². The van der Waals surface area contributed by atoms with Crippen LogP contribution in [0.2, 0.25) is 0 Å². The predicted molar refractivity (Wildman–Crippen MR) is 74.6 cm³/mol. The van der Waals surface area contributed by atoms with Gasteiger partial charge in [-0.25, -0.2) is 4.98 Å². The first kappa shape index (κ1) is 10.8. The van der Waals surface area contributed by atoms with Crippen molar-refractivity contribution < 1.29 is 0 Å². The van der Waals surface area contributed by atoms with E-state index in [2.05, 4.69) is 23.9 Å². The Morgan fingerprint density at radius 2 is 2.24 bits per heavy atom. The largest absolute Gasteiger partial charge is 0.399 e. The zero-order valence-electron chi connectivity index (χ0n) is 10.2. The van der Waals surface area contributed by atoms with E-state index < -0.39 is 0 Å². The summed E-state index contributed by atoms with van der Waals surface area (Å²) in [5.41, 5.74) is 7.65. The van der Waals surface area contributed by atoms with E-state index in [-0.39, 0.29) is 0 Å². The van der Waals surface area contributed by atoms with E-state index in [1.807, 2.05) is 18.2 Å². The van der Waals surface area contributed by atoms with Gasteiger partial charge < -0.3 is 10.6 Å². The third kappa shape index (κ3) is 1.97. The minimum Gasteiger partial charge on any atom is -0.399 e. The molecular formula is C13H17N3S. The van der Waals surface area contributed by atoms with Gasteiger partial charge in [-0.1, -0.05) is 11.3 Å². The van der Waals surface area contributed by atoms with Crippen molar-refractivity contribution in [2.24, 2.45) is 5.92 Å². The highest BCUT2D eigenvalue weighted by atomic mass is 32.1. The fourth-order valence-corrected chi connectivity index (χ4v) is 3.21. The predicted octanol–water partition coefficient (Wildman–Crippen LogP) is 3.11. The van der Waals surface area contributed by atoms with Crippen LogP contribution in [-0.2, 0) is 0 Å². The van der Waals surface area contributed by atoms with Gasteiger partial charge >= 0.3 is 0 Å². The molecule has 4 heteroatoms. The van der Waals surface area contributed by atoms with Crippen molar-refractivity contribution in [1.29, 1.82) is 0 Å². The van der Waals surface area contributed by atoms with Crippen molar-refractivity contribution in [2.75, 3.05) is 17.7 Å². The number of nitrogens with zero attached hydrogens (tertiary/aromatic N) is 2. The van der Waals surface area contributed by atoms with E-state index in [9.17, 15) is 0 Å². The van der Waals surface area contributed by atoms with Gasteiger partial charge in [-0.15, -0.1) is 0 Å². The molecule has 3 nitrogen and oxygen atoms in total. The second-order valence-electron chi connectivity index (χ2n) is 4.91. The maximum atomic E-state index is 5.79. The highest BCUT2D eigenvalue weighted by Crippen LogP contribution is 2.38. The van der Waals surface area contributed by atoms with Crippen LogP contribution in [-0.4, -0.2) is 18.1 Å². The molecule has 1 aliphatic carbocycles. The van der Waals surface area contributed by atoms with E-state index in [0.29, 0.717) is 6.04 Å². The molecule has 0 saturated heterocycles. The summed E-state index contributed by atoms with van der Waals surface area (Å²) in [5.74, 6) is 0.858.